The highest BCUT2D eigenvalue weighted by Gasteiger charge is 2.40. The molecule has 0 heterocycles. The molecule has 0 radical (unpaired) electrons. The largest absolute Gasteiger partial charge is 0.377 e. The van der Waals surface area contributed by atoms with Crippen molar-refractivity contribution < 1.29 is 4.74 Å². The zero-order chi connectivity index (χ0) is 14.8. The van der Waals surface area contributed by atoms with E-state index in [4.69, 9.17) is 22.1 Å². The molecule has 0 amide bonds. The summed E-state index contributed by atoms with van der Waals surface area (Å²) < 4.78 is 5.88. The molecule has 0 bridgehead atoms. The number of ether oxygens (including phenoxy) is 1. The topological polar surface area (TPSA) is 35.2 Å². The highest BCUT2D eigenvalue weighted by Crippen LogP contribution is 2.38. The molecule has 0 spiro atoms. The average molecular weight is 296 g/mol. The number of rotatable bonds is 4. The van der Waals surface area contributed by atoms with E-state index in [2.05, 4.69) is 26.0 Å². The third kappa shape index (κ3) is 3.36. The van der Waals surface area contributed by atoms with Crippen molar-refractivity contribution in [2.24, 2.45) is 11.7 Å². The molecule has 3 unspecified atom stereocenters. The van der Waals surface area contributed by atoms with Crippen molar-refractivity contribution in [2.45, 2.75) is 57.6 Å². The summed E-state index contributed by atoms with van der Waals surface area (Å²) in [6, 6.07) is 6.19. The van der Waals surface area contributed by atoms with Crippen molar-refractivity contribution in [3.05, 3.63) is 34.3 Å². The molecule has 0 aliphatic heterocycles. The Morgan fingerprint density at radius 2 is 2.25 bits per heavy atom. The summed E-state index contributed by atoms with van der Waals surface area (Å²) in [6.45, 7) is 4.34. The molecule has 1 aromatic carbocycles. The molecule has 0 saturated heterocycles. The van der Waals surface area contributed by atoms with E-state index in [1.54, 1.807) is 7.11 Å². The van der Waals surface area contributed by atoms with E-state index in [-0.39, 0.29) is 11.6 Å². The summed E-state index contributed by atoms with van der Waals surface area (Å²) in [5.74, 6) is 0.684. The second-order valence-electron chi connectivity index (χ2n) is 6.38. The smallest absolute Gasteiger partial charge is 0.0834 e. The van der Waals surface area contributed by atoms with E-state index in [0.29, 0.717) is 5.92 Å². The summed E-state index contributed by atoms with van der Waals surface area (Å²) in [5.41, 5.74) is 8.63. The molecule has 1 fully saturated rings. The first kappa shape index (κ1) is 15.8. The van der Waals surface area contributed by atoms with Gasteiger partial charge in [-0.2, -0.15) is 0 Å². The van der Waals surface area contributed by atoms with Crippen LogP contribution >= 0.6 is 11.6 Å². The van der Waals surface area contributed by atoms with Gasteiger partial charge in [0.1, 0.15) is 0 Å². The summed E-state index contributed by atoms with van der Waals surface area (Å²) in [4.78, 5) is 0. The molecular formula is C17H26ClNO. The quantitative estimate of drug-likeness (QED) is 0.907. The number of methoxy groups -OCH3 is 1. The molecule has 1 aliphatic rings. The molecule has 1 aliphatic carbocycles. The molecule has 2 nitrogen and oxygen atoms in total. The maximum absolute atomic E-state index is 6.51. The molecular weight excluding hydrogens is 270 g/mol. The lowest BCUT2D eigenvalue weighted by molar-refractivity contribution is -0.0705. The zero-order valence-electron chi connectivity index (χ0n) is 12.8. The summed E-state index contributed by atoms with van der Waals surface area (Å²) in [6.07, 6.45) is 5.36. The first-order chi connectivity index (χ1) is 9.47. The van der Waals surface area contributed by atoms with E-state index in [1.165, 1.54) is 18.4 Å². The molecule has 2 N–H and O–H groups in total. The van der Waals surface area contributed by atoms with Gasteiger partial charge in [0, 0.05) is 18.2 Å². The lowest BCUT2D eigenvalue weighted by Gasteiger charge is -2.43. The van der Waals surface area contributed by atoms with Gasteiger partial charge < -0.3 is 10.5 Å². The van der Waals surface area contributed by atoms with Gasteiger partial charge in [0.05, 0.1) is 5.60 Å². The fourth-order valence-corrected chi connectivity index (χ4v) is 3.77. The number of benzene rings is 1. The second-order valence-corrected chi connectivity index (χ2v) is 6.78. The first-order valence-corrected chi connectivity index (χ1v) is 7.90. The normalized spacial score (nSPS) is 28.4. The molecule has 112 valence electrons. The third-order valence-electron chi connectivity index (χ3n) is 4.72. The summed E-state index contributed by atoms with van der Waals surface area (Å²) >= 11 is 6.33. The van der Waals surface area contributed by atoms with Crippen molar-refractivity contribution in [3.63, 3.8) is 0 Å². The van der Waals surface area contributed by atoms with Gasteiger partial charge in [-0.05, 0) is 49.3 Å². The SMILES string of the molecule is COC1(C(N)Cc2ccc(C)cc2Cl)CCCC(C)C1. The van der Waals surface area contributed by atoms with Crippen LogP contribution < -0.4 is 5.73 Å². The van der Waals surface area contributed by atoms with Gasteiger partial charge >= 0.3 is 0 Å². The Hall–Kier alpha value is -0.570. The molecule has 3 heteroatoms. The number of halogens is 1. The predicted molar refractivity (Wildman–Crippen MR) is 85.2 cm³/mol. The fraction of sp³-hybridized carbons (Fsp3) is 0.647. The van der Waals surface area contributed by atoms with Crippen molar-refractivity contribution >= 4 is 11.6 Å². The van der Waals surface area contributed by atoms with Crippen LogP contribution in [0.4, 0.5) is 0 Å². The third-order valence-corrected chi connectivity index (χ3v) is 5.07. The molecule has 0 aromatic heterocycles. The maximum Gasteiger partial charge on any atom is 0.0834 e. The lowest BCUT2D eigenvalue weighted by Crippen LogP contribution is -2.53. The van der Waals surface area contributed by atoms with Crippen LogP contribution in [0.5, 0.6) is 0 Å². The van der Waals surface area contributed by atoms with Gasteiger partial charge in [0.2, 0.25) is 0 Å². The van der Waals surface area contributed by atoms with Crippen LogP contribution in [0.2, 0.25) is 5.02 Å². The van der Waals surface area contributed by atoms with Crippen LogP contribution in [0.3, 0.4) is 0 Å². The number of aryl methyl sites for hydroxylation is 1. The minimum absolute atomic E-state index is 0.00421. The van der Waals surface area contributed by atoms with E-state index in [0.717, 1.165) is 29.8 Å². The number of nitrogens with two attached hydrogens (primary N) is 1. The second kappa shape index (κ2) is 6.46. The highest BCUT2D eigenvalue weighted by molar-refractivity contribution is 6.31. The standard InChI is InChI=1S/C17H26ClNO/c1-12-6-7-14(15(18)9-12)10-16(19)17(20-3)8-4-5-13(2)11-17/h6-7,9,13,16H,4-5,8,10-11,19H2,1-3H3. The van der Waals surface area contributed by atoms with Crippen molar-refractivity contribution in [1.82, 2.24) is 0 Å². The first-order valence-electron chi connectivity index (χ1n) is 7.52. The van der Waals surface area contributed by atoms with Gasteiger partial charge in [-0.3, -0.25) is 0 Å². The summed E-state index contributed by atoms with van der Waals surface area (Å²) in [7, 11) is 1.80. The Morgan fingerprint density at radius 1 is 1.50 bits per heavy atom. The average Bonchev–Trinajstić information content (AvgIpc) is 2.41. The molecule has 1 aromatic rings. The van der Waals surface area contributed by atoms with E-state index < -0.39 is 0 Å². The monoisotopic (exact) mass is 295 g/mol. The van der Waals surface area contributed by atoms with Crippen molar-refractivity contribution in [2.75, 3.05) is 7.11 Å². The van der Waals surface area contributed by atoms with Crippen LogP contribution in [0, 0.1) is 12.8 Å². The molecule has 1 saturated carbocycles. The van der Waals surface area contributed by atoms with E-state index in [9.17, 15) is 0 Å². The Morgan fingerprint density at radius 3 is 2.85 bits per heavy atom. The lowest BCUT2D eigenvalue weighted by atomic mass is 9.73. The van der Waals surface area contributed by atoms with Gasteiger partial charge in [-0.25, -0.2) is 0 Å². The van der Waals surface area contributed by atoms with Crippen molar-refractivity contribution in [3.8, 4) is 0 Å². The van der Waals surface area contributed by atoms with Crippen LogP contribution in [-0.2, 0) is 11.2 Å². The maximum atomic E-state index is 6.51. The molecule has 2 rings (SSSR count). The molecule has 20 heavy (non-hydrogen) atoms. The van der Waals surface area contributed by atoms with Crippen LogP contribution in [-0.4, -0.2) is 18.8 Å². The number of hydrogen-bond acceptors (Lipinski definition) is 2. The molecule has 3 atom stereocenters. The highest BCUT2D eigenvalue weighted by atomic mass is 35.5. The van der Waals surface area contributed by atoms with Gasteiger partial charge in [-0.15, -0.1) is 0 Å². The van der Waals surface area contributed by atoms with E-state index >= 15 is 0 Å². The van der Waals surface area contributed by atoms with Crippen LogP contribution in [0.25, 0.3) is 0 Å². The zero-order valence-corrected chi connectivity index (χ0v) is 13.5. The summed E-state index contributed by atoms with van der Waals surface area (Å²) in [5, 5.41) is 0.815. The number of hydrogen-bond donors (Lipinski definition) is 1. The Bertz CT molecular complexity index is 462. The van der Waals surface area contributed by atoms with Crippen LogP contribution in [0.1, 0.15) is 43.7 Å². The Kier molecular flexibility index (Phi) is 5.11. The van der Waals surface area contributed by atoms with E-state index in [1.807, 2.05) is 6.07 Å². The minimum atomic E-state index is -0.189. The van der Waals surface area contributed by atoms with Gasteiger partial charge in [0.25, 0.3) is 0 Å². The Balaban J connectivity index is 2.14. The van der Waals surface area contributed by atoms with Gasteiger partial charge in [-0.1, -0.05) is 43.5 Å². The van der Waals surface area contributed by atoms with Crippen molar-refractivity contribution in [1.29, 1.82) is 0 Å². The van der Waals surface area contributed by atoms with Gasteiger partial charge in [0.15, 0.2) is 0 Å². The minimum Gasteiger partial charge on any atom is -0.377 e. The Labute approximate surface area is 127 Å². The van der Waals surface area contributed by atoms with Crippen LogP contribution in [0.15, 0.2) is 18.2 Å². The fourth-order valence-electron chi connectivity index (χ4n) is 3.46. The predicted octanol–water partition coefficient (Wildman–Crippen LogP) is 4.11.